The maximum Gasteiger partial charge on any atom is 0.154 e. The molecule has 0 bridgehead atoms. The maximum absolute atomic E-state index is 2.42. The predicted molar refractivity (Wildman–Crippen MR) is 54.0 cm³/mol. The molecule has 0 saturated heterocycles. The molecule has 1 aromatic carbocycles. The Balaban J connectivity index is 1.94. The van der Waals surface area contributed by atoms with E-state index in [1.165, 1.54) is 31.1 Å². The lowest BCUT2D eigenvalue weighted by atomic mass is 9.58. The Morgan fingerprint density at radius 2 is 1.67 bits per heavy atom. The lowest BCUT2D eigenvalue weighted by molar-refractivity contribution is 0.873. The molecule has 1 heteroatoms. The summed E-state index contributed by atoms with van der Waals surface area (Å²) in [5.74, 6) is 0.854. The Labute approximate surface area is 75.2 Å². The summed E-state index contributed by atoms with van der Waals surface area (Å²) in [4.78, 5) is 0. The molecule has 0 N–H and O–H groups in total. The molecule has 0 amide bonds. The minimum absolute atomic E-state index is 0.854. The van der Waals surface area contributed by atoms with Gasteiger partial charge in [-0.05, 0) is 0 Å². The van der Waals surface area contributed by atoms with Gasteiger partial charge in [0.15, 0.2) is 7.28 Å². The van der Waals surface area contributed by atoms with Crippen LogP contribution in [0.5, 0.6) is 0 Å². The van der Waals surface area contributed by atoms with Gasteiger partial charge in [0.2, 0.25) is 0 Å². The molecular formula is C11H14B. The van der Waals surface area contributed by atoms with Crippen molar-refractivity contribution in [1.29, 1.82) is 0 Å². The monoisotopic (exact) mass is 157 g/mol. The van der Waals surface area contributed by atoms with Crippen LogP contribution in [0.1, 0.15) is 25.7 Å². The normalized spacial score (nSPS) is 18.0. The van der Waals surface area contributed by atoms with Crippen molar-refractivity contribution in [3.05, 3.63) is 30.3 Å². The van der Waals surface area contributed by atoms with Crippen molar-refractivity contribution in [3.63, 3.8) is 0 Å². The van der Waals surface area contributed by atoms with Gasteiger partial charge in [-0.15, -0.1) is 0 Å². The van der Waals surface area contributed by atoms with Crippen LogP contribution in [0.25, 0.3) is 0 Å². The Bertz CT molecular complexity index is 224. The van der Waals surface area contributed by atoms with Crippen molar-refractivity contribution >= 4 is 12.7 Å². The summed E-state index contributed by atoms with van der Waals surface area (Å²) in [6, 6.07) is 10.7. The van der Waals surface area contributed by atoms with E-state index >= 15 is 0 Å². The topological polar surface area (TPSA) is 0 Å². The minimum atomic E-state index is 0.854. The van der Waals surface area contributed by atoms with E-state index in [0.29, 0.717) is 0 Å². The second kappa shape index (κ2) is 3.80. The van der Waals surface area contributed by atoms with Crippen molar-refractivity contribution in [2.75, 3.05) is 0 Å². The first kappa shape index (κ1) is 7.91. The molecule has 61 valence electrons. The Morgan fingerprint density at radius 3 is 2.33 bits per heavy atom. The SMILES string of the molecule is [B](c1ccccc1)C1CCCC1. The highest BCUT2D eigenvalue weighted by Crippen LogP contribution is 2.28. The maximum atomic E-state index is 2.42. The fourth-order valence-corrected chi connectivity index (χ4v) is 1.96. The Hall–Kier alpha value is -0.715. The molecule has 2 rings (SSSR count). The molecular weight excluding hydrogens is 143 g/mol. The summed E-state index contributed by atoms with van der Waals surface area (Å²) >= 11 is 0. The summed E-state index contributed by atoms with van der Waals surface area (Å²) in [6.45, 7) is 0. The standard InChI is InChI=1S/C11H14B/c1-2-6-10(7-3-1)12-11-8-4-5-9-11/h1-3,6-7,11H,4-5,8-9H2. The molecule has 0 spiro atoms. The van der Waals surface area contributed by atoms with E-state index < -0.39 is 0 Å². The Morgan fingerprint density at radius 1 is 1.00 bits per heavy atom. The molecule has 0 nitrogen and oxygen atoms in total. The van der Waals surface area contributed by atoms with Gasteiger partial charge in [0.1, 0.15) is 0 Å². The first-order valence-electron chi connectivity index (χ1n) is 4.85. The van der Waals surface area contributed by atoms with Crippen LogP contribution in [0.4, 0.5) is 0 Å². The van der Waals surface area contributed by atoms with Crippen molar-refractivity contribution in [2.45, 2.75) is 31.5 Å². The first-order valence-corrected chi connectivity index (χ1v) is 4.85. The highest BCUT2D eigenvalue weighted by Gasteiger charge is 2.15. The van der Waals surface area contributed by atoms with Gasteiger partial charge >= 0.3 is 0 Å². The molecule has 0 atom stereocenters. The van der Waals surface area contributed by atoms with Gasteiger partial charge in [-0.1, -0.05) is 67.3 Å². The zero-order valence-electron chi connectivity index (χ0n) is 7.37. The smallest absolute Gasteiger partial charge is 0.0875 e. The van der Waals surface area contributed by atoms with Crippen LogP contribution in [-0.4, -0.2) is 7.28 Å². The second-order valence-corrected chi connectivity index (χ2v) is 3.62. The van der Waals surface area contributed by atoms with Gasteiger partial charge in [-0.3, -0.25) is 0 Å². The van der Waals surface area contributed by atoms with Gasteiger partial charge in [0.25, 0.3) is 0 Å². The van der Waals surface area contributed by atoms with Gasteiger partial charge < -0.3 is 0 Å². The highest BCUT2D eigenvalue weighted by atomic mass is 14.1. The number of rotatable bonds is 2. The average Bonchev–Trinajstić information content (AvgIpc) is 2.59. The van der Waals surface area contributed by atoms with Crippen LogP contribution in [0.2, 0.25) is 5.82 Å². The lowest BCUT2D eigenvalue weighted by Crippen LogP contribution is -2.17. The number of hydrogen-bond donors (Lipinski definition) is 0. The molecule has 0 aliphatic heterocycles. The van der Waals surface area contributed by atoms with Crippen LogP contribution < -0.4 is 5.46 Å². The molecule has 1 aliphatic rings. The number of benzene rings is 1. The molecule has 1 radical (unpaired) electrons. The Kier molecular flexibility index (Phi) is 2.50. The predicted octanol–water partition coefficient (Wildman–Crippen LogP) is 2.38. The van der Waals surface area contributed by atoms with E-state index in [0.717, 1.165) is 5.82 Å². The third kappa shape index (κ3) is 1.91. The molecule has 1 saturated carbocycles. The minimum Gasteiger partial charge on any atom is -0.0875 e. The van der Waals surface area contributed by atoms with Gasteiger partial charge in [0, 0.05) is 0 Å². The van der Waals surface area contributed by atoms with E-state index in [2.05, 4.69) is 37.6 Å². The summed E-state index contributed by atoms with van der Waals surface area (Å²) in [5.41, 5.74) is 1.39. The summed E-state index contributed by atoms with van der Waals surface area (Å²) in [7, 11) is 2.42. The first-order chi connectivity index (χ1) is 5.95. The van der Waals surface area contributed by atoms with Crippen LogP contribution in [0.3, 0.4) is 0 Å². The van der Waals surface area contributed by atoms with Crippen molar-refractivity contribution in [3.8, 4) is 0 Å². The second-order valence-electron chi connectivity index (χ2n) is 3.62. The van der Waals surface area contributed by atoms with E-state index in [-0.39, 0.29) is 0 Å². The van der Waals surface area contributed by atoms with Crippen molar-refractivity contribution < 1.29 is 0 Å². The van der Waals surface area contributed by atoms with Crippen LogP contribution in [0.15, 0.2) is 30.3 Å². The molecule has 12 heavy (non-hydrogen) atoms. The molecule has 0 aromatic heterocycles. The van der Waals surface area contributed by atoms with E-state index in [9.17, 15) is 0 Å². The lowest BCUT2D eigenvalue weighted by Gasteiger charge is -2.05. The van der Waals surface area contributed by atoms with E-state index in [1.807, 2.05) is 0 Å². The van der Waals surface area contributed by atoms with E-state index in [1.54, 1.807) is 0 Å². The van der Waals surface area contributed by atoms with Crippen LogP contribution in [0, 0.1) is 0 Å². The highest BCUT2D eigenvalue weighted by molar-refractivity contribution is 6.55. The van der Waals surface area contributed by atoms with Gasteiger partial charge in [-0.25, -0.2) is 0 Å². The molecule has 1 fully saturated rings. The third-order valence-electron chi connectivity index (χ3n) is 2.63. The zero-order chi connectivity index (χ0) is 8.23. The number of hydrogen-bond acceptors (Lipinski definition) is 0. The fourth-order valence-electron chi connectivity index (χ4n) is 1.96. The van der Waals surface area contributed by atoms with Crippen molar-refractivity contribution in [2.24, 2.45) is 0 Å². The summed E-state index contributed by atoms with van der Waals surface area (Å²) in [5, 5.41) is 0. The molecule has 0 unspecified atom stereocenters. The summed E-state index contributed by atoms with van der Waals surface area (Å²) < 4.78 is 0. The third-order valence-corrected chi connectivity index (χ3v) is 2.63. The fraction of sp³-hybridized carbons (Fsp3) is 0.455. The zero-order valence-corrected chi connectivity index (χ0v) is 7.37. The van der Waals surface area contributed by atoms with E-state index in [4.69, 9.17) is 0 Å². The van der Waals surface area contributed by atoms with Gasteiger partial charge in [-0.2, -0.15) is 0 Å². The molecule has 0 heterocycles. The van der Waals surface area contributed by atoms with Gasteiger partial charge in [0.05, 0.1) is 0 Å². The van der Waals surface area contributed by atoms with Crippen LogP contribution in [-0.2, 0) is 0 Å². The average molecular weight is 157 g/mol. The molecule has 1 aliphatic carbocycles. The largest absolute Gasteiger partial charge is 0.154 e. The molecule has 1 aromatic rings. The van der Waals surface area contributed by atoms with Crippen molar-refractivity contribution in [1.82, 2.24) is 0 Å². The summed E-state index contributed by atoms with van der Waals surface area (Å²) in [6.07, 6.45) is 5.64. The quantitative estimate of drug-likeness (QED) is 0.578. The van der Waals surface area contributed by atoms with Crippen LogP contribution >= 0.6 is 0 Å².